The largest absolute Gasteiger partial charge is 0.368 e. The number of para-hydroxylation sites is 1. The van der Waals surface area contributed by atoms with Gasteiger partial charge in [0, 0.05) is 25.1 Å². The summed E-state index contributed by atoms with van der Waals surface area (Å²) >= 11 is 0. The maximum atomic E-state index is 12.7. The third-order valence-corrected chi connectivity index (χ3v) is 4.00. The Morgan fingerprint density at radius 3 is 2.85 bits per heavy atom. The van der Waals surface area contributed by atoms with Crippen LogP contribution < -0.4 is 4.90 Å². The van der Waals surface area contributed by atoms with Gasteiger partial charge in [0.2, 0.25) is 0 Å². The molecule has 1 unspecified atom stereocenters. The fraction of sp³-hybridized carbons (Fsp3) is 0.500. The molecule has 1 atom stereocenters. The Kier molecular flexibility index (Phi) is 3.83. The van der Waals surface area contributed by atoms with Crippen molar-refractivity contribution in [3.63, 3.8) is 0 Å². The lowest BCUT2D eigenvalue weighted by atomic mass is 10.1. The van der Waals surface area contributed by atoms with Crippen LogP contribution in [0.15, 0.2) is 24.3 Å². The van der Waals surface area contributed by atoms with Gasteiger partial charge in [-0.1, -0.05) is 12.1 Å². The van der Waals surface area contributed by atoms with Crippen LogP contribution in [0.4, 0.5) is 5.69 Å². The lowest BCUT2D eigenvalue weighted by Gasteiger charge is -2.29. The van der Waals surface area contributed by atoms with Crippen LogP contribution in [0.1, 0.15) is 42.5 Å². The number of amides is 1. The quantitative estimate of drug-likeness (QED) is 0.790. The highest BCUT2D eigenvalue weighted by Crippen LogP contribution is 2.28. The van der Waals surface area contributed by atoms with E-state index in [0.717, 1.165) is 24.9 Å². The van der Waals surface area contributed by atoms with E-state index in [0.29, 0.717) is 31.6 Å². The standard InChI is InChI=1S/C16H19NO3/c18-14-8-5-10-17(13-7-2-1-6-12(13)14)16(19)15-9-3-4-11-20-15/h1-2,6-7,15H,3-5,8-11H2. The van der Waals surface area contributed by atoms with E-state index in [2.05, 4.69) is 0 Å². The molecule has 1 saturated heterocycles. The number of ether oxygens (including phenoxy) is 1. The molecule has 1 aromatic carbocycles. The normalized spacial score (nSPS) is 23.1. The second-order valence-electron chi connectivity index (χ2n) is 5.39. The van der Waals surface area contributed by atoms with Crippen molar-refractivity contribution in [1.29, 1.82) is 0 Å². The Balaban J connectivity index is 1.90. The van der Waals surface area contributed by atoms with Crippen LogP contribution in [0.5, 0.6) is 0 Å². The summed E-state index contributed by atoms with van der Waals surface area (Å²) in [6.45, 7) is 1.26. The third kappa shape index (κ3) is 2.48. The van der Waals surface area contributed by atoms with Gasteiger partial charge in [0.15, 0.2) is 5.78 Å². The monoisotopic (exact) mass is 273 g/mol. The molecule has 1 aromatic rings. The van der Waals surface area contributed by atoms with E-state index in [1.165, 1.54) is 0 Å². The second kappa shape index (κ2) is 5.75. The van der Waals surface area contributed by atoms with Crippen LogP contribution >= 0.6 is 0 Å². The number of carbonyl (C=O) groups excluding carboxylic acids is 2. The molecule has 0 spiro atoms. The van der Waals surface area contributed by atoms with E-state index >= 15 is 0 Å². The van der Waals surface area contributed by atoms with Gasteiger partial charge < -0.3 is 9.64 Å². The number of fused-ring (bicyclic) bond motifs is 1. The minimum Gasteiger partial charge on any atom is -0.368 e. The van der Waals surface area contributed by atoms with E-state index in [1.807, 2.05) is 24.3 Å². The van der Waals surface area contributed by atoms with Crippen molar-refractivity contribution in [1.82, 2.24) is 0 Å². The Morgan fingerprint density at radius 1 is 1.20 bits per heavy atom. The molecule has 1 amide bonds. The number of hydrogen-bond acceptors (Lipinski definition) is 3. The molecule has 0 aliphatic carbocycles. The third-order valence-electron chi connectivity index (χ3n) is 4.00. The number of Topliss-reactive ketones (excluding diaryl/α,β-unsaturated/α-hetero) is 1. The van der Waals surface area contributed by atoms with Crippen LogP contribution in [0.2, 0.25) is 0 Å². The zero-order valence-corrected chi connectivity index (χ0v) is 11.5. The van der Waals surface area contributed by atoms with Crippen molar-refractivity contribution in [3.05, 3.63) is 29.8 Å². The smallest absolute Gasteiger partial charge is 0.256 e. The van der Waals surface area contributed by atoms with Gasteiger partial charge in [-0.3, -0.25) is 9.59 Å². The molecule has 106 valence electrons. The first-order valence-corrected chi connectivity index (χ1v) is 7.32. The van der Waals surface area contributed by atoms with E-state index in [4.69, 9.17) is 4.74 Å². The number of ketones is 1. The number of carbonyl (C=O) groups is 2. The highest BCUT2D eigenvalue weighted by molar-refractivity contribution is 6.07. The summed E-state index contributed by atoms with van der Waals surface area (Å²) in [6, 6.07) is 7.39. The maximum absolute atomic E-state index is 12.7. The minimum atomic E-state index is -0.343. The number of nitrogens with zero attached hydrogens (tertiary/aromatic N) is 1. The molecule has 3 rings (SSSR count). The van der Waals surface area contributed by atoms with Crippen LogP contribution in [0.25, 0.3) is 0 Å². The summed E-state index contributed by atoms with van der Waals surface area (Å²) in [5.74, 6) is 0.132. The summed E-state index contributed by atoms with van der Waals surface area (Å²) in [4.78, 5) is 26.5. The summed E-state index contributed by atoms with van der Waals surface area (Å²) < 4.78 is 5.60. The van der Waals surface area contributed by atoms with Gasteiger partial charge in [0.1, 0.15) is 6.10 Å². The molecule has 2 aliphatic rings. The lowest BCUT2D eigenvalue weighted by Crippen LogP contribution is -2.42. The van der Waals surface area contributed by atoms with Gasteiger partial charge >= 0.3 is 0 Å². The predicted molar refractivity (Wildman–Crippen MR) is 76.0 cm³/mol. The zero-order valence-electron chi connectivity index (χ0n) is 11.5. The Morgan fingerprint density at radius 2 is 2.05 bits per heavy atom. The average Bonchev–Trinajstić information content (AvgIpc) is 2.67. The van der Waals surface area contributed by atoms with Crippen LogP contribution in [0, 0.1) is 0 Å². The minimum absolute atomic E-state index is 0.00634. The van der Waals surface area contributed by atoms with Crippen molar-refractivity contribution in [2.75, 3.05) is 18.1 Å². The summed E-state index contributed by atoms with van der Waals surface area (Å²) in [6.07, 6.45) is 3.72. The summed E-state index contributed by atoms with van der Waals surface area (Å²) in [5, 5.41) is 0. The predicted octanol–water partition coefficient (Wildman–Crippen LogP) is 2.57. The molecule has 4 heteroatoms. The fourth-order valence-corrected chi connectivity index (χ4v) is 2.94. The highest BCUT2D eigenvalue weighted by Gasteiger charge is 2.31. The average molecular weight is 273 g/mol. The number of hydrogen-bond donors (Lipinski definition) is 0. The first-order chi connectivity index (χ1) is 9.77. The van der Waals surface area contributed by atoms with Gasteiger partial charge in [-0.2, -0.15) is 0 Å². The van der Waals surface area contributed by atoms with E-state index in [9.17, 15) is 9.59 Å². The Bertz CT molecular complexity index is 520. The molecule has 1 fully saturated rings. The topological polar surface area (TPSA) is 46.6 Å². The first kappa shape index (κ1) is 13.3. The van der Waals surface area contributed by atoms with Crippen molar-refractivity contribution in [3.8, 4) is 0 Å². The van der Waals surface area contributed by atoms with Crippen LogP contribution in [-0.2, 0) is 9.53 Å². The number of benzene rings is 1. The Hall–Kier alpha value is -1.68. The van der Waals surface area contributed by atoms with E-state index in [1.54, 1.807) is 4.90 Å². The molecule has 0 saturated carbocycles. The molecule has 0 N–H and O–H groups in total. The van der Waals surface area contributed by atoms with Crippen LogP contribution in [-0.4, -0.2) is 30.9 Å². The maximum Gasteiger partial charge on any atom is 0.256 e. The lowest BCUT2D eigenvalue weighted by molar-refractivity contribution is -0.132. The second-order valence-corrected chi connectivity index (χ2v) is 5.39. The SMILES string of the molecule is O=C1CCCN(C(=O)C2CCCCO2)c2ccccc21. The first-order valence-electron chi connectivity index (χ1n) is 7.32. The van der Waals surface area contributed by atoms with Crippen molar-refractivity contribution < 1.29 is 14.3 Å². The Labute approximate surface area is 118 Å². The number of anilines is 1. The van der Waals surface area contributed by atoms with Gasteiger partial charge in [0.05, 0.1) is 5.69 Å². The van der Waals surface area contributed by atoms with Crippen molar-refractivity contribution >= 4 is 17.4 Å². The van der Waals surface area contributed by atoms with Crippen molar-refractivity contribution in [2.45, 2.75) is 38.2 Å². The molecule has 4 nitrogen and oxygen atoms in total. The summed E-state index contributed by atoms with van der Waals surface area (Å²) in [7, 11) is 0. The molecule has 0 aromatic heterocycles. The molecule has 20 heavy (non-hydrogen) atoms. The van der Waals surface area contributed by atoms with Crippen molar-refractivity contribution in [2.24, 2.45) is 0 Å². The molecular formula is C16H19NO3. The van der Waals surface area contributed by atoms with Crippen LogP contribution in [0.3, 0.4) is 0 Å². The van der Waals surface area contributed by atoms with Gasteiger partial charge in [-0.25, -0.2) is 0 Å². The number of rotatable bonds is 1. The molecular weight excluding hydrogens is 254 g/mol. The fourth-order valence-electron chi connectivity index (χ4n) is 2.94. The summed E-state index contributed by atoms with van der Waals surface area (Å²) in [5.41, 5.74) is 1.41. The molecule has 0 bridgehead atoms. The highest BCUT2D eigenvalue weighted by atomic mass is 16.5. The van der Waals surface area contributed by atoms with Gasteiger partial charge in [-0.05, 0) is 37.8 Å². The zero-order chi connectivity index (χ0) is 13.9. The molecule has 2 heterocycles. The van der Waals surface area contributed by atoms with Gasteiger partial charge in [-0.15, -0.1) is 0 Å². The molecule has 2 aliphatic heterocycles. The van der Waals surface area contributed by atoms with E-state index in [-0.39, 0.29) is 17.8 Å². The van der Waals surface area contributed by atoms with Gasteiger partial charge in [0.25, 0.3) is 5.91 Å². The van der Waals surface area contributed by atoms with E-state index < -0.39 is 0 Å². The molecule has 0 radical (unpaired) electrons.